The standard InChI is InChI=1S/C15H20ClNO/c16-13-4-1-3-12(9-13)11-17-14-5-8-18-15(10-14)6-2-7-15/h1,3-4,9,14,17H,2,5-8,10-11H2. The summed E-state index contributed by atoms with van der Waals surface area (Å²) in [4.78, 5) is 0. The van der Waals surface area contributed by atoms with E-state index in [2.05, 4.69) is 11.4 Å². The Hall–Kier alpha value is -0.570. The van der Waals surface area contributed by atoms with Gasteiger partial charge in [-0.25, -0.2) is 0 Å². The summed E-state index contributed by atoms with van der Waals surface area (Å²) in [5.74, 6) is 0. The number of halogens is 1. The molecule has 1 heterocycles. The van der Waals surface area contributed by atoms with Gasteiger partial charge in [-0.2, -0.15) is 0 Å². The molecule has 3 rings (SSSR count). The van der Waals surface area contributed by atoms with Crippen molar-refractivity contribution in [1.82, 2.24) is 5.32 Å². The van der Waals surface area contributed by atoms with Gasteiger partial charge in [-0.15, -0.1) is 0 Å². The number of hydrogen-bond donors (Lipinski definition) is 1. The molecule has 1 aliphatic heterocycles. The maximum absolute atomic E-state index is 6.00. The van der Waals surface area contributed by atoms with Crippen LogP contribution in [-0.4, -0.2) is 18.2 Å². The minimum absolute atomic E-state index is 0.226. The quantitative estimate of drug-likeness (QED) is 0.903. The van der Waals surface area contributed by atoms with Gasteiger partial charge in [0.2, 0.25) is 0 Å². The molecule has 1 N–H and O–H groups in total. The smallest absolute Gasteiger partial charge is 0.0697 e. The summed E-state index contributed by atoms with van der Waals surface area (Å²) in [6.45, 7) is 1.81. The fourth-order valence-corrected chi connectivity index (χ4v) is 3.24. The SMILES string of the molecule is Clc1cccc(CNC2CCOC3(CCC3)C2)c1. The van der Waals surface area contributed by atoms with E-state index in [1.54, 1.807) is 0 Å². The fourth-order valence-electron chi connectivity index (χ4n) is 3.03. The van der Waals surface area contributed by atoms with E-state index in [-0.39, 0.29) is 5.60 Å². The van der Waals surface area contributed by atoms with Crippen molar-refractivity contribution in [2.24, 2.45) is 0 Å². The van der Waals surface area contributed by atoms with Crippen molar-refractivity contribution < 1.29 is 4.74 Å². The van der Waals surface area contributed by atoms with Crippen LogP contribution in [0, 0.1) is 0 Å². The van der Waals surface area contributed by atoms with Crippen molar-refractivity contribution in [3.63, 3.8) is 0 Å². The van der Waals surface area contributed by atoms with Gasteiger partial charge >= 0.3 is 0 Å². The van der Waals surface area contributed by atoms with E-state index in [0.717, 1.165) is 24.6 Å². The van der Waals surface area contributed by atoms with Crippen molar-refractivity contribution >= 4 is 11.6 Å². The first-order valence-corrected chi connectivity index (χ1v) is 7.25. The molecule has 2 nitrogen and oxygen atoms in total. The third kappa shape index (κ3) is 2.71. The molecule has 1 saturated heterocycles. The summed E-state index contributed by atoms with van der Waals surface area (Å²) >= 11 is 6.00. The van der Waals surface area contributed by atoms with E-state index < -0.39 is 0 Å². The predicted molar refractivity (Wildman–Crippen MR) is 73.8 cm³/mol. The molecule has 1 aromatic carbocycles. The fraction of sp³-hybridized carbons (Fsp3) is 0.600. The minimum Gasteiger partial charge on any atom is -0.375 e. The summed E-state index contributed by atoms with van der Waals surface area (Å²) in [7, 11) is 0. The van der Waals surface area contributed by atoms with E-state index in [9.17, 15) is 0 Å². The van der Waals surface area contributed by atoms with Crippen molar-refractivity contribution in [2.75, 3.05) is 6.61 Å². The Morgan fingerprint density at radius 1 is 1.39 bits per heavy atom. The molecule has 1 spiro atoms. The number of benzene rings is 1. The number of rotatable bonds is 3. The van der Waals surface area contributed by atoms with Crippen LogP contribution in [0.25, 0.3) is 0 Å². The van der Waals surface area contributed by atoms with E-state index in [4.69, 9.17) is 16.3 Å². The highest BCUT2D eigenvalue weighted by Gasteiger charge is 2.42. The molecule has 0 aromatic heterocycles. The van der Waals surface area contributed by atoms with Crippen LogP contribution >= 0.6 is 11.6 Å². The molecule has 1 atom stereocenters. The molecule has 1 aliphatic carbocycles. The van der Waals surface area contributed by atoms with Gasteiger partial charge < -0.3 is 10.1 Å². The summed E-state index contributed by atoms with van der Waals surface area (Å²) in [5, 5.41) is 4.47. The maximum Gasteiger partial charge on any atom is 0.0697 e. The van der Waals surface area contributed by atoms with Gasteiger partial charge in [-0.05, 0) is 49.8 Å². The first kappa shape index (κ1) is 12.5. The topological polar surface area (TPSA) is 21.3 Å². The number of hydrogen-bond acceptors (Lipinski definition) is 2. The van der Waals surface area contributed by atoms with Crippen LogP contribution in [-0.2, 0) is 11.3 Å². The lowest BCUT2D eigenvalue weighted by atomic mass is 9.74. The second-order valence-corrected chi connectivity index (χ2v) is 6.02. The molecular formula is C15H20ClNO. The molecule has 18 heavy (non-hydrogen) atoms. The van der Waals surface area contributed by atoms with Gasteiger partial charge in [0.15, 0.2) is 0 Å². The second-order valence-electron chi connectivity index (χ2n) is 5.59. The summed E-state index contributed by atoms with van der Waals surface area (Å²) < 4.78 is 5.94. The molecule has 2 aliphatic rings. The molecular weight excluding hydrogens is 246 g/mol. The normalized spacial score (nSPS) is 25.9. The van der Waals surface area contributed by atoms with Gasteiger partial charge in [0, 0.05) is 24.2 Å². The summed E-state index contributed by atoms with van der Waals surface area (Å²) in [6.07, 6.45) is 6.14. The average molecular weight is 266 g/mol. The van der Waals surface area contributed by atoms with Crippen LogP contribution < -0.4 is 5.32 Å². The monoisotopic (exact) mass is 265 g/mol. The Morgan fingerprint density at radius 2 is 2.28 bits per heavy atom. The largest absolute Gasteiger partial charge is 0.375 e. The lowest BCUT2D eigenvalue weighted by Gasteiger charge is -2.47. The third-order valence-corrected chi connectivity index (χ3v) is 4.48. The van der Waals surface area contributed by atoms with Crippen molar-refractivity contribution in [1.29, 1.82) is 0 Å². The highest BCUT2D eigenvalue weighted by molar-refractivity contribution is 6.30. The van der Waals surface area contributed by atoms with Gasteiger partial charge in [-0.3, -0.25) is 0 Å². The van der Waals surface area contributed by atoms with E-state index in [1.165, 1.54) is 31.2 Å². The van der Waals surface area contributed by atoms with Crippen LogP contribution in [0.5, 0.6) is 0 Å². The first-order chi connectivity index (χ1) is 8.76. The predicted octanol–water partition coefficient (Wildman–Crippen LogP) is 3.53. The molecule has 1 aromatic rings. The van der Waals surface area contributed by atoms with E-state index >= 15 is 0 Å². The van der Waals surface area contributed by atoms with Crippen LogP contribution in [0.15, 0.2) is 24.3 Å². The van der Waals surface area contributed by atoms with E-state index in [1.807, 2.05) is 18.2 Å². The summed E-state index contributed by atoms with van der Waals surface area (Å²) in [5.41, 5.74) is 1.49. The Bertz CT molecular complexity index is 417. The molecule has 3 heteroatoms. The molecule has 2 fully saturated rings. The van der Waals surface area contributed by atoms with Gasteiger partial charge in [0.05, 0.1) is 5.60 Å². The van der Waals surface area contributed by atoms with Crippen LogP contribution in [0.3, 0.4) is 0 Å². The van der Waals surface area contributed by atoms with Crippen molar-refractivity contribution in [3.8, 4) is 0 Å². The van der Waals surface area contributed by atoms with Crippen molar-refractivity contribution in [2.45, 2.75) is 50.3 Å². The maximum atomic E-state index is 6.00. The molecule has 98 valence electrons. The molecule has 0 radical (unpaired) electrons. The van der Waals surface area contributed by atoms with Gasteiger partial charge in [0.25, 0.3) is 0 Å². The zero-order valence-electron chi connectivity index (χ0n) is 10.6. The molecule has 0 amide bonds. The average Bonchev–Trinajstić information content (AvgIpc) is 2.35. The Kier molecular flexibility index (Phi) is 3.60. The third-order valence-electron chi connectivity index (χ3n) is 4.24. The summed E-state index contributed by atoms with van der Waals surface area (Å²) in [6, 6.07) is 8.68. The number of ether oxygens (including phenoxy) is 1. The van der Waals surface area contributed by atoms with Crippen molar-refractivity contribution in [3.05, 3.63) is 34.9 Å². The Labute approximate surface area is 114 Å². The van der Waals surface area contributed by atoms with Crippen LogP contribution in [0.4, 0.5) is 0 Å². The molecule has 0 bridgehead atoms. The zero-order chi connectivity index (χ0) is 12.4. The van der Waals surface area contributed by atoms with Gasteiger partial charge in [-0.1, -0.05) is 23.7 Å². The van der Waals surface area contributed by atoms with Crippen LogP contribution in [0.2, 0.25) is 5.02 Å². The lowest BCUT2D eigenvalue weighted by molar-refractivity contribution is -0.135. The second kappa shape index (κ2) is 5.20. The Morgan fingerprint density at radius 3 is 3.00 bits per heavy atom. The van der Waals surface area contributed by atoms with E-state index in [0.29, 0.717) is 6.04 Å². The lowest BCUT2D eigenvalue weighted by Crippen LogP contribution is -2.50. The first-order valence-electron chi connectivity index (χ1n) is 6.88. The molecule has 1 saturated carbocycles. The minimum atomic E-state index is 0.226. The van der Waals surface area contributed by atoms with Gasteiger partial charge in [0.1, 0.15) is 0 Å². The Balaban J connectivity index is 1.53. The van der Waals surface area contributed by atoms with Crippen LogP contribution in [0.1, 0.15) is 37.7 Å². The zero-order valence-corrected chi connectivity index (χ0v) is 11.4. The highest BCUT2D eigenvalue weighted by atomic mass is 35.5. The number of nitrogens with one attached hydrogen (secondary N) is 1. The molecule has 1 unspecified atom stereocenters. The highest BCUT2D eigenvalue weighted by Crippen LogP contribution is 2.42.